The zero-order chi connectivity index (χ0) is 17.7. The standard InChI is InChI=1S/C17H16ClFN4O/c1-3-8-21-17(24)11(10-20)9-13-15(22-23(2)16(13)18)12-6-4-5-7-14(12)19/h4-7,9H,3,8H2,1-2H3,(H,21,24)/b11-9+. The van der Waals surface area contributed by atoms with Crippen LogP contribution >= 0.6 is 11.6 Å². The van der Waals surface area contributed by atoms with E-state index >= 15 is 0 Å². The van der Waals surface area contributed by atoms with Gasteiger partial charge in [-0.25, -0.2) is 4.39 Å². The van der Waals surface area contributed by atoms with Crippen LogP contribution in [0.3, 0.4) is 0 Å². The zero-order valence-electron chi connectivity index (χ0n) is 13.3. The number of carbonyl (C=O) groups excluding carboxylic acids is 1. The Labute approximate surface area is 144 Å². The molecule has 7 heteroatoms. The Balaban J connectivity index is 2.54. The third-order valence-corrected chi connectivity index (χ3v) is 3.78. The molecule has 124 valence electrons. The molecule has 5 nitrogen and oxygen atoms in total. The maximum Gasteiger partial charge on any atom is 0.261 e. The number of nitriles is 1. The number of nitrogens with zero attached hydrogens (tertiary/aromatic N) is 3. The number of hydrogen-bond acceptors (Lipinski definition) is 3. The number of benzene rings is 1. The van der Waals surface area contributed by atoms with E-state index in [9.17, 15) is 14.4 Å². The van der Waals surface area contributed by atoms with Gasteiger partial charge in [0.15, 0.2) is 0 Å². The van der Waals surface area contributed by atoms with Gasteiger partial charge in [-0.3, -0.25) is 9.48 Å². The molecule has 0 aliphatic rings. The van der Waals surface area contributed by atoms with E-state index in [1.165, 1.54) is 16.8 Å². The molecule has 24 heavy (non-hydrogen) atoms. The molecule has 2 aromatic rings. The average Bonchev–Trinajstić information content (AvgIpc) is 2.85. The second-order valence-electron chi connectivity index (χ2n) is 5.08. The van der Waals surface area contributed by atoms with Gasteiger partial charge < -0.3 is 5.32 Å². The minimum absolute atomic E-state index is 0.115. The molecule has 0 fully saturated rings. The normalized spacial score (nSPS) is 11.2. The first-order chi connectivity index (χ1) is 11.5. The molecule has 0 atom stereocenters. The van der Waals surface area contributed by atoms with E-state index in [0.717, 1.165) is 6.42 Å². The second kappa shape index (κ2) is 7.75. The fraction of sp³-hybridized carbons (Fsp3) is 0.235. The van der Waals surface area contributed by atoms with Crippen molar-refractivity contribution in [1.82, 2.24) is 15.1 Å². The van der Waals surface area contributed by atoms with Gasteiger partial charge in [0.1, 0.15) is 28.3 Å². The zero-order valence-corrected chi connectivity index (χ0v) is 14.1. The van der Waals surface area contributed by atoms with Crippen LogP contribution in [0.4, 0.5) is 4.39 Å². The van der Waals surface area contributed by atoms with Crippen molar-refractivity contribution in [2.45, 2.75) is 13.3 Å². The molecule has 1 heterocycles. The molecule has 0 radical (unpaired) electrons. The minimum atomic E-state index is -0.501. The molecule has 0 bridgehead atoms. The topological polar surface area (TPSA) is 70.7 Å². The number of hydrogen-bond donors (Lipinski definition) is 1. The molecule has 1 aromatic carbocycles. The molecular weight excluding hydrogens is 331 g/mol. The highest BCUT2D eigenvalue weighted by molar-refractivity contribution is 6.31. The summed E-state index contributed by atoms with van der Waals surface area (Å²) in [6.07, 6.45) is 2.08. The van der Waals surface area contributed by atoms with Gasteiger partial charge in [0.2, 0.25) is 0 Å². The summed E-state index contributed by atoms with van der Waals surface area (Å²) in [6.45, 7) is 2.36. The van der Waals surface area contributed by atoms with Crippen LogP contribution < -0.4 is 5.32 Å². The van der Waals surface area contributed by atoms with E-state index in [2.05, 4.69) is 10.4 Å². The van der Waals surface area contributed by atoms with Crippen molar-refractivity contribution < 1.29 is 9.18 Å². The maximum absolute atomic E-state index is 14.1. The molecule has 2 rings (SSSR count). The maximum atomic E-state index is 14.1. The summed E-state index contributed by atoms with van der Waals surface area (Å²) >= 11 is 6.22. The Bertz CT molecular complexity index is 836. The van der Waals surface area contributed by atoms with Gasteiger partial charge >= 0.3 is 0 Å². The molecule has 1 amide bonds. The van der Waals surface area contributed by atoms with E-state index in [-0.39, 0.29) is 22.0 Å². The highest BCUT2D eigenvalue weighted by atomic mass is 35.5. The molecule has 1 N–H and O–H groups in total. The van der Waals surface area contributed by atoms with Crippen LogP contribution in [-0.2, 0) is 11.8 Å². The Hall–Kier alpha value is -2.65. The predicted octanol–water partition coefficient (Wildman–Crippen LogP) is 3.31. The minimum Gasteiger partial charge on any atom is -0.351 e. The molecule has 1 aromatic heterocycles. The number of nitrogens with one attached hydrogen (secondary N) is 1. The van der Waals surface area contributed by atoms with Crippen molar-refractivity contribution >= 4 is 23.6 Å². The first kappa shape index (κ1) is 17.7. The summed E-state index contributed by atoms with van der Waals surface area (Å²) in [5.74, 6) is -0.963. The van der Waals surface area contributed by atoms with Crippen molar-refractivity contribution in [2.24, 2.45) is 7.05 Å². The smallest absolute Gasteiger partial charge is 0.261 e. The highest BCUT2D eigenvalue weighted by Gasteiger charge is 2.19. The largest absolute Gasteiger partial charge is 0.351 e. The lowest BCUT2D eigenvalue weighted by atomic mass is 10.1. The number of amides is 1. The summed E-state index contributed by atoms with van der Waals surface area (Å²) in [5.41, 5.74) is 0.734. The number of halogens is 2. The van der Waals surface area contributed by atoms with Crippen LogP contribution in [0.5, 0.6) is 0 Å². The van der Waals surface area contributed by atoms with Crippen LogP contribution in [0, 0.1) is 17.1 Å². The average molecular weight is 347 g/mol. The van der Waals surface area contributed by atoms with E-state index in [1.807, 2.05) is 13.0 Å². The summed E-state index contributed by atoms with van der Waals surface area (Å²) in [6, 6.07) is 7.96. The number of carbonyl (C=O) groups is 1. The van der Waals surface area contributed by atoms with Gasteiger partial charge in [0.05, 0.1) is 0 Å². The third-order valence-electron chi connectivity index (χ3n) is 3.33. The monoisotopic (exact) mass is 346 g/mol. The van der Waals surface area contributed by atoms with E-state index in [0.29, 0.717) is 12.1 Å². The van der Waals surface area contributed by atoms with Crippen LogP contribution in [-0.4, -0.2) is 22.2 Å². The van der Waals surface area contributed by atoms with Crippen molar-refractivity contribution in [3.05, 3.63) is 46.4 Å². The molecule has 0 unspecified atom stereocenters. The molecule has 0 aliphatic heterocycles. The molecule has 0 saturated heterocycles. The summed E-state index contributed by atoms with van der Waals surface area (Å²) < 4.78 is 15.5. The highest BCUT2D eigenvalue weighted by Crippen LogP contribution is 2.31. The SMILES string of the molecule is CCCNC(=O)/C(C#N)=C/c1c(-c2ccccc2F)nn(C)c1Cl. The van der Waals surface area contributed by atoms with Gasteiger partial charge in [0, 0.05) is 24.7 Å². The van der Waals surface area contributed by atoms with Crippen molar-refractivity contribution in [3.63, 3.8) is 0 Å². The van der Waals surface area contributed by atoms with Gasteiger partial charge in [-0.15, -0.1) is 0 Å². The number of rotatable bonds is 5. The number of aryl methyl sites for hydroxylation is 1. The van der Waals surface area contributed by atoms with E-state index < -0.39 is 11.7 Å². The molecule has 0 spiro atoms. The predicted molar refractivity (Wildman–Crippen MR) is 90.5 cm³/mol. The van der Waals surface area contributed by atoms with Gasteiger partial charge in [-0.2, -0.15) is 10.4 Å². The van der Waals surface area contributed by atoms with Crippen LogP contribution in [0.25, 0.3) is 17.3 Å². The summed E-state index contributed by atoms with van der Waals surface area (Å²) in [4.78, 5) is 12.0. The third kappa shape index (κ3) is 3.63. The second-order valence-corrected chi connectivity index (χ2v) is 5.44. The van der Waals surface area contributed by atoms with Gasteiger partial charge in [-0.05, 0) is 24.6 Å². The fourth-order valence-electron chi connectivity index (χ4n) is 2.13. The fourth-order valence-corrected chi connectivity index (χ4v) is 2.31. The van der Waals surface area contributed by atoms with Crippen LogP contribution in [0.2, 0.25) is 5.15 Å². The molecular formula is C17H16ClFN4O. The van der Waals surface area contributed by atoms with Crippen LogP contribution in [0.1, 0.15) is 18.9 Å². The Morgan fingerprint density at radius 2 is 2.21 bits per heavy atom. The van der Waals surface area contributed by atoms with Crippen molar-refractivity contribution in [2.75, 3.05) is 6.54 Å². The lowest BCUT2D eigenvalue weighted by molar-refractivity contribution is -0.117. The Kier molecular flexibility index (Phi) is 5.72. The van der Waals surface area contributed by atoms with E-state index in [1.54, 1.807) is 25.2 Å². The molecule has 0 aliphatic carbocycles. The lowest BCUT2D eigenvalue weighted by Crippen LogP contribution is -2.25. The lowest BCUT2D eigenvalue weighted by Gasteiger charge is -2.03. The first-order valence-corrected chi connectivity index (χ1v) is 7.74. The van der Waals surface area contributed by atoms with Crippen LogP contribution in [0.15, 0.2) is 29.8 Å². The Morgan fingerprint density at radius 1 is 1.50 bits per heavy atom. The first-order valence-electron chi connectivity index (χ1n) is 7.37. The molecule has 0 saturated carbocycles. The van der Waals surface area contributed by atoms with Gasteiger partial charge in [-0.1, -0.05) is 30.7 Å². The summed E-state index contributed by atoms with van der Waals surface area (Å²) in [7, 11) is 1.60. The van der Waals surface area contributed by atoms with Crippen molar-refractivity contribution in [3.8, 4) is 17.3 Å². The number of aromatic nitrogens is 2. The van der Waals surface area contributed by atoms with Gasteiger partial charge in [0.25, 0.3) is 5.91 Å². The Morgan fingerprint density at radius 3 is 2.83 bits per heavy atom. The van der Waals surface area contributed by atoms with Crippen molar-refractivity contribution in [1.29, 1.82) is 5.26 Å². The van der Waals surface area contributed by atoms with E-state index in [4.69, 9.17) is 11.6 Å². The summed E-state index contributed by atoms with van der Waals surface area (Å²) in [5, 5.41) is 16.3. The quantitative estimate of drug-likeness (QED) is 0.667.